The Kier molecular flexibility index (Phi) is 7.69. The molecule has 0 aromatic carbocycles. The topological polar surface area (TPSA) is 15.6 Å². The smallest absolute Gasteiger partial charge is 0.137 e. The molecule has 0 aliphatic carbocycles. The van der Waals surface area contributed by atoms with Crippen molar-refractivity contribution < 1.29 is 4.39 Å². The lowest BCUT2D eigenvalue weighted by Crippen LogP contribution is -2.26. The molecule has 0 N–H and O–H groups in total. The maximum absolute atomic E-state index is 12.9. The van der Waals surface area contributed by atoms with Crippen LogP contribution in [0.3, 0.4) is 0 Å². The van der Waals surface area contributed by atoms with Crippen LogP contribution in [0.25, 0.3) is 0 Å². The van der Waals surface area contributed by atoms with Crippen LogP contribution in [0, 0.1) is 0 Å². The quantitative estimate of drug-likeness (QED) is 0.549. The summed E-state index contributed by atoms with van der Waals surface area (Å²) in [7, 11) is 0. The minimum absolute atomic E-state index is 0.132. The molecule has 0 radical (unpaired) electrons. The SMILES string of the molecule is CCCCCCCCCCN1C=NC=C(F)C1. The maximum atomic E-state index is 12.9. The van der Waals surface area contributed by atoms with Crippen molar-refractivity contribution in [1.82, 2.24) is 4.90 Å². The van der Waals surface area contributed by atoms with E-state index in [1.54, 1.807) is 6.34 Å². The van der Waals surface area contributed by atoms with E-state index in [1.807, 2.05) is 4.90 Å². The van der Waals surface area contributed by atoms with Crippen molar-refractivity contribution in [2.24, 2.45) is 4.99 Å². The zero-order chi connectivity index (χ0) is 12.3. The molecule has 0 aromatic heterocycles. The molecule has 17 heavy (non-hydrogen) atoms. The molecule has 1 aliphatic heterocycles. The third kappa shape index (κ3) is 7.14. The number of hydrogen-bond acceptors (Lipinski definition) is 2. The van der Waals surface area contributed by atoms with E-state index in [0.29, 0.717) is 6.54 Å². The Morgan fingerprint density at radius 1 is 1.12 bits per heavy atom. The van der Waals surface area contributed by atoms with Gasteiger partial charge < -0.3 is 4.90 Å². The first kappa shape index (κ1) is 14.2. The minimum Gasteiger partial charge on any atom is -0.356 e. The molecular weight excluding hydrogens is 215 g/mol. The summed E-state index contributed by atoms with van der Waals surface area (Å²) in [6.07, 6.45) is 13.5. The third-order valence-corrected chi connectivity index (χ3v) is 3.10. The molecule has 0 spiro atoms. The lowest BCUT2D eigenvalue weighted by atomic mass is 10.1. The van der Waals surface area contributed by atoms with Gasteiger partial charge in [-0.2, -0.15) is 0 Å². The molecule has 0 aromatic rings. The van der Waals surface area contributed by atoms with Crippen LogP contribution in [0.15, 0.2) is 17.0 Å². The largest absolute Gasteiger partial charge is 0.356 e. The van der Waals surface area contributed by atoms with E-state index in [-0.39, 0.29) is 5.83 Å². The summed E-state index contributed by atoms with van der Waals surface area (Å²) in [5.41, 5.74) is 0. The first-order valence-corrected chi connectivity index (χ1v) is 6.95. The first-order valence-electron chi connectivity index (χ1n) is 6.95. The highest BCUT2D eigenvalue weighted by molar-refractivity contribution is 5.57. The van der Waals surface area contributed by atoms with E-state index in [2.05, 4.69) is 11.9 Å². The Hall–Kier alpha value is -0.860. The summed E-state index contributed by atoms with van der Waals surface area (Å²) >= 11 is 0. The second kappa shape index (κ2) is 9.20. The van der Waals surface area contributed by atoms with E-state index in [4.69, 9.17) is 0 Å². The first-order chi connectivity index (χ1) is 8.33. The fourth-order valence-corrected chi connectivity index (χ4v) is 2.07. The van der Waals surface area contributed by atoms with Crippen molar-refractivity contribution in [3.63, 3.8) is 0 Å². The Morgan fingerprint density at radius 2 is 1.76 bits per heavy atom. The van der Waals surface area contributed by atoms with Gasteiger partial charge in [-0.1, -0.05) is 51.9 Å². The van der Waals surface area contributed by atoms with Gasteiger partial charge in [0.1, 0.15) is 5.83 Å². The van der Waals surface area contributed by atoms with Gasteiger partial charge >= 0.3 is 0 Å². The minimum atomic E-state index is -0.132. The van der Waals surface area contributed by atoms with Crippen molar-refractivity contribution in [2.75, 3.05) is 13.1 Å². The van der Waals surface area contributed by atoms with Crippen molar-refractivity contribution in [3.05, 3.63) is 12.0 Å². The van der Waals surface area contributed by atoms with Gasteiger partial charge in [-0.15, -0.1) is 0 Å². The van der Waals surface area contributed by atoms with E-state index in [9.17, 15) is 4.39 Å². The van der Waals surface area contributed by atoms with Gasteiger partial charge in [0, 0.05) is 6.54 Å². The molecule has 0 saturated heterocycles. The molecule has 98 valence electrons. The van der Waals surface area contributed by atoms with E-state index >= 15 is 0 Å². The number of unbranched alkanes of at least 4 members (excludes halogenated alkanes) is 7. The van der Waals surface area contributed by atoms with Gasteiger partial charge in [-0.3, -0.25) is 0 Å². The number of halogens is 1. The Morgan fingerprint density at radius 3 is 2.41 bits per heavy atom. The number of rotatable bonds is 9. The molecule has 0 amide bonds. The highest BCUT2D eigenvalue weighted by atomic mass is 19.1. The standard InChI is InChI=1S/C14H25FN2/c1-2-3-4-5-6-7-8-9-10-17-12-14(15)11-16-13-17/h11,13H,2-10,12H2,1H3. The second-order valence-corrected chi connectivity index (χ2v) is 4.79. The van der Waals surface area contributed by atoms with Crippen LogP contribution >= 0.6 is 0 Å². The van der Waals surface area contributed by atoms with Crippen LogP contribution in [0.4, 0.5) is 4.39 Å². The molecule has 2 nitrogen and oxygen atoms in total. The van der Waals surface area contributed by atoms with Gasteiger partial charge in [0.05, 0.1) is 19.1 Å². The molecule has 3 heteroatoms. The second-order valence-electron chi connectivity index (χ2n) is 4.79. The van der Waals surface area contributed by atoms with Gasteiger partial charge in [-0.25, -0.2) is 9.38 Å². The molecule has 0 unspecified atom stereocenters. The van der Waals surface area contributed by atoms with Crippen LogP contribution in [0.5, 0.6) is 0 Å². The molecule has 0 saturated carbocycles. The molecule has 1 heterocycles. The van der Waals surface area contributed by atoms with Crippen LogP contribution < -0.4 is 0 Å². The van der Waals surface area contributed by atoms with Crippen LogP contribution in [-0.2, 0) is 0 Å². The van der Waals surface area contributed by atoms with Crippen molar-refractivity contribution in [3.8, 4) is 0 Å². The van der Waals surface area contributed by atoms with E-state index in [0.717, 1.165) is 13.0 Å². The highest BCUT2D eigenvalue weighted by Crippen LogP contribution is 2.10. The summed E-state index contributed by atoms with van der Waals surface area (Å²) in [5, 5.41) is 0. The normalized spacial score (nSPS) is 15.2. The zero-order valence-electron chi connectivity index (χ0n) is 11.0. The Bertz CT molecular complexity index is 249. The fourth-order valence-electron chi connectivity index (χ4n) is 2.07. The van der Waals surface area contributed by atoms with Crippen LogP contribution in [0.2, 0.25) is 0 Å². The Labute approximate surface area is 105 Å². The summed E-state index contributed by atoms with van der Waals surface area (Å²) in [6, 6.07) is 0. The molecule has 1 aliphatic rings. The monoisotopic (exact) mass is 240 g/mol. The van der Waals surface area contributed by atoms with Gasteiger partial charge in [0.15, 0.2) is 0 Å². The third-order valence-electron chi connectivity index (χ3n) is 3.10. The van der Waals surface area contributed by atoms with Gasteiger partial charge in [0.25, 0.3) is 0 Å². The van der Waals surface area contributed by atoms with Gasteiger partial charge in [0.2, 0.25) is 0 Å². The lowest BCUT2D eigenvalue weighted by molar-refractivity contribution is 0.395. The number of hydrogen-bond donors (Lipinski definition) is 0. The van der Waals surface area contributed by atoms with Crippen molar-refractivity contribution in [2.45, 2.75) is 58.3 Å². The van der Waals surface area contributed by atoms with Gasteiger partial charge in [-0.05, 0) is 6.42 Å². The number of nitrogens with zero attached hydrogens (tertiary/aromatic N) is 2. The van der Waals surface area contributed by atoms with Crippen molar-refractivity contribution >= 4 is 6.34 Å². The molecule has 0 atom stereocenters. The van der Waals surface area contributed by atoms with E-state index in [1.165, 1.54) is 51.1 Å². The molecule has 0 fully saturated rings. The predicted molar refractivity (Wildman–Crippen MR) is 71.9 cm³/mol. The summed E-state index contributed by atoms with van der Waals surface area (Å²) in [5.74, 6) is -0.132. The lowest BCUT2D eigenvalue weighted by Gasteiger charge is -2.20. The summed E-state index contributed by atoms with van der Waals surface area (Å²) < 4.78 is 12.9. The Balaban J connectivity index is 1.88. The van der Waals surface area contributed by atoms with E-state index < -0.39 is 0 Å². The average Bonchev–Trinajstić information content (AvgIpc) is 2.33. The van der Waals surface area contributed by atoms with Crippen LogP contribution in [-0.4, -0.2) is 24.3 Å². The van der Waals surface area contributed by atoms with Crippen LogP contribution in [0.1, 0.15) is 58.3 Å². The zero-order valence-corrected chi connectivity index (χ0v) is 11.0. The summed E-state index contributed by atoms with van der Waals surface area (Å²) in [6.45, 7) is 3.58. The highest BCUT2D eigenvalue weighted by Gasteiger charge is 2.06. The van der Waals surface area contributed by atoms with Crippen molar-refractivity contribution in [1.29, 1.82) is 0 Å². The predicted octanol–water partition coefficient (Wildman–Crippen LogP) is 4.28. The molecular formula is C14H25FN2. The fraction of sp³-hybridized carbons (Fsp3) is 0.786. The molecule has 0 bridgehead atoms. The molecule has 1 rings (SSSR count). The average molecular weight is 240 g/mol. The maximum Gasteiger partial charge on any atom is 0.137 e. The summed E-state index contributed by atoms with van der Waals surface area (Å²) in [4.78, 5) is 5.80. The number of aliphatic imine (C=N–C) groups is 1.